The Labute approximate surface area is 58.8 Å². The molecule has 0 aliphatic rings. The van der Waals surface area contributed by atoms with Crippen molar-refractivity contribution in [2.75, 3.05) is 12.3 Å². The van der Waals surface area contributed by atoms with E-state index in [1.54, 1.807) is 0 Å². The molecule has 0 fully saturated rings. The SMILES string of the molecule is CCP(=O)(CC)[O][Al]. The molecule has 0 atom stereocenters. The first-order valence-electron chi connectivity index (χ1n) is 2.65. The molecule has 0 aromatic carbocycles. The predicted octanol–water partition coefficient (Wildman–Crippen LogP) is 1.40. The van der Waals surface area contributed by atoms with Crippen molar-refractivity contribution in [3.05, 3.63) is 0 Å². The van der Waals surface area contributed by atoms with Crippen molar-refractivity contribution < 1.29 is 8.14 Å². The lowest BCUT2D eigenvalue weighted by atomic mass is 11.0. The Morgan fingerprint density at radius 3 is 1.88 bits per heavy atom. The summed E-state index contributed by atoms with van der Waals surface area (Å²) in [4.78, 5) is 0. The summed E-state index contributed by atoms with van der Waals surface area (Å²) in [5, 5.41) is 0. The smallest absolute Gasteiger partial charge is 0.381 e. The molecule has 0 saturated heterocycles. The van der Waals surface area contributed by atoms with Crippen LogP contribution in [0.4, 0.5) is 0 Å². The summed E-state index contributed by atoms with van der Waals surface area (Å²) in [5.74, 6) is 0. The van der Waals surface area contributed by atoms with Crippen LogP contribution in [0.25, 0.3) is 0 Å². The summed E-state index contributed by atoms with van der Waals surface area (Å²) >= 11 is 2.05. The van der Waals surface area contributed by atoms with Crippen LogP contribution in [0.2, 0.25) is 0 Å². The van der Waals surface area contributed by atoms with Crippen LogP contribution in [0.1, 0.15) is 13.8 Å². The van der Waals surface area contributed by atoms with Gasteiger partial charge in [0, 0.05) is 12.3 Å². The van der Waals surface area contributed by atoms with Crippen LogP contribution in [0, 0.1) is 0 Å². The molecule has 8 heavy (non-hydrogen) atoms. The molecule has 0 aliphatic carbocycles. The van der Waals surface area contributed by atoms with E-state index in [2.05, 4.69) is 16.6 Å². The van der Waals surface area contributed by atoms with Crippen LogP contribution >= 0.6 is 7.37 Å². The first-order valence-corrected chi connectivity index (χ1v) is 5.11. The van der Waals surface area contributed by atoms with Gasteiger partial charge in [0.2, 0.25) is 0 Å². The van der Waals surface area contributed by atoms with Gasteiger partial charge in [0.1, 0.15) is 0 Å². The first kappa shape index (κ1) is 8.72. The van der Waals surface area contributed by atoms with Crippen molar-refractivity contribution in [2.24, 2.45) is 0 Å². The monoisotopic (exact) mass is 148 g/mol. The third-order valence-corrected chi connectivity index (χ3v) is 4.62. The van der Waals surface area contributed by atoms with E-state index >= 15 is 0 Å². The third kappa shape index (κ3) is 2.33. The zero-order valence-electron chi connectivity index (χ0n) is 5.26. The quantitative estimate of drug-likeness (QED) is 0.446. The van der Waals surface area contributed by atoms with Crippen LogP contribution in [0.3, 0.4) is 0 Å². The van der Waals surface area contributed by atoms with E-state index < -0.39 is 7.37 Å². The zero-order valence-corrected chi connectivity index (χ0v) is 7.30. The lowest BCUT2D eigenvalue weighted by Crippen LogP contribution is -1.91. The van der Waals surface area contributed by atoms with Crippen LogP contribution in [-0.2, 0) is 8.14 Å². The van der Waals surface area contributed by atoms with E-state index in [0.717, 1.165) is 0 Å². The van der Waals surface area contributed by atoms with Gasteiger partial charge in [0.15, 0.2) is 7.37 Å². The van der Waals surface area contributed by atoms with E-state index in [1.807, 2.05) is 13.8 Å². The molecule has 0 amide bonds. The minimum absolute atomic E-state index is 0.632. The van der Waals surface area contributed by atoms with Gasteiger partial charge in [-0.05, 0) is 0 Å². The van der Waals surface area contributed by atoms with Gasteiger partial charge in [0.25, 0.3) is 0 Å². The fraction of sp³-hybridized carbons (Fsp3) is 1.00. The van der Waals surface area contributed by atoms with Crippen molar-refractivity contribution in [1.29, 1.82) is 0 Å². The van der Waals surface area contributed by atoms with E-state index in [4.69, 9.17) is 3.58 Å². The van der Waals surface area contributed by atoms with Crippen molar-refractivity contribution in [1.82, 2.24) is 0 Å². The van der Waals surface area contributed by atoms with Gasteiger partial charge in [-0.2, -0.15) is 0 Å². The number of hydrogen-bond acceptors (Lipinski definition) is 2. The van der Waals surface area contributed by atoms with Gasteiger partial charge in [-0.15, -0.1) is 0 Å². The summed E-state index contributed by atoms with van der Waals surface area (Å²) in [5.41, 5.74) is 0. The fourth-order valence-electron chi connectivity index (χ4n) is 0.373. The molecule has 0 heterocycles. The molecule has 0 spiro atoms. The van der Waals surface area contributed by atoms with Gasteiger partial charge in [-0.1, -0.05) is 13.8 Å². The van der Waals surface area contributed by atoms with Crippen LogP contribution in [0.15, 0.2) is 0 Å². The Kier molecular flexibility index (Phi) is 4.03. The average molecular weight is 148 g/mol. The Hall–Kier alpha value is 0.722. The zero-order chi connectivity index (χ0) is 6.62. The molecule has 0 aromatic rings. The minimum Gasteiger partial charge on any atom is -0.474 e. The highest BCUT2D eigenvalue weighted by atomic mass is 31.2. The summed E-state index contributed by atoms with van der Waals surface area (Å²) in [6.45, 7) is 3.74. The van der Waals surface area contributed by atoms with Gasteiger partial charge in [-0.3, -0.25) is 4.57 Å². The first-order chi connectivity index (χ1) is 3.68. The summed E-state index contributed by atoms with van der Waals surface area (Å²) < 4.78 is 15.8. The molecule has 0 rings (SSSR count). The molecular formula is C4H10AlO2P. The topological polar surface area (TPSA) is 26.3 Å². The standard InChI is InChI=1S/C4H11O2P.Al/c1-3-7(5,6)4-2;/h3-4H2,1-2H3,(H,5,6);/q;+1/p-1. The highest BCUT2D eigenvalue weighted by Crippen LogP contribution is 2.44. The maximum absolute atomic E-state index is 11.1. The van der Waals surface area contributed by atoms with Gasteiger partial charge in [0.05, 0.1) is 0 Å². The maximum atomic E-state index is 11.1. The number of rotatable bonds is 3. The summed E-state index contributed by atoms with van der Waals surface area (Å²) in [7, 11) is -2.20. The summed E-state index contributed by atoms with van der Waals surface area (Å²) in [6.07, 6.45) is 1.26. The van der Waals surface area contributed by atoms with Crippen LogP contribution in [0.5, 0.6) is 0 Å². The highest BCUT2D eigenvalue weighted by molar-refractivity contribution is 7.59. The largest absolute Gasteiger partial charge is 0.474 e. The normalized spacial score (nSPS) is 11.8. The number of hydrogen-bond donors (Lipinski definition) is 0. The Balaban J connectivity index is 3.79. The van der Waals surface area contributed by atoms with E-state index in [1.165, 1.54) is 0 Å². The molecule has 0 unspecified atom stereocenters. The van der Waals surface area contributed by atoms with E-state index in [9.17, 15) is 4.57 Å². The second-order valence-corrected chi connectivity index (χ2v) is 5.29. The second-order valence-electron chi connectivity index (χ2n) is 1.55. The molecule has 0 aliphatic heterocycles. The maximum Gasteiger partial charge on any atom is 0.381 e. The molecule has 2 nitrogen and oxygen atoms in total. The molecule has 0 saturated carbocycles. The van der Waals surface area contributed by atoms with Crippen LogP contribution in [-0.4, -0.2) is 28.9 Å². The molecule has 0 aromatic heterocycles. The van der Waals surface area contributed by atoms with Gasteiger partial charge < -0.3 is 3.58 Å². The minimum atomic E-state index is -2.20. The van der Waals surface area contributed by atoms with Gasteiger partial charge in [-0.25, -0.2) is 0 Å². The van der Waals surface area contributed by atoms with Crippen molar-refractivity contribution in [3.63, 3.8) is 0 Å². The Bertz CT molecular complexity index is 85.2. The molecule has 4 heteroatoms. The fourth-order valence-corrected chi connectivity index (χ4v) is 2.01. The molecule has 46 valence electrons. The lowest BCUT2D eigenvalue weighted by molar-refractivity contribution is 0.504. The Morgan fingerprint density at radius 2 is 1.88 bits per heavy atom. The predicted molar refractivity (Wildman–Crippen MR) is 35.5 cm³/mol. The third-order valence-electron chi connectivity index (χ3n) is 1.16. The summed E-state index contributed by atoms with van der Waals surface area (Å²) in [6, 6.07) is 0. The average Bonchev–Trinajstić information content (AvgIpc) is 1.87. The second kappa shape index (κ2) is 3.69. The van der Waals surface area contributed by atoms with E-state index in [0.29, 0.717) is 12.3 Å². The molecule has 0 N–H and O–H groups in total. The van der Waals surface area contributed by atoms with Crippen molar-refractivity contribution >= 4 is 24.0 Å². The molecular weight excluding hydrogens is 138 g/mol. The van der Waals surface area contributed by atoms with E-state index in [-0.39, 0.29) is 0 Å². The van der Waals surface area contributed by atoms with Gasteiger partial charge >= 0.3 is 16.6 Å². The van der Waals surface area contributed by atoms with Crippen molar-refractivity contribution in [3.8, 4) is 0 Å². The van der Waals surface area contributed by atoms with Crippen molar-refractivity contribution in [2.45, 2.75) is 13.8 Å². The van der Waals surface area contributed by atoms with Crippen LogP contribution < -0.4 is 0 Å². The Morgan fingerprint density at radius 1 is 1.50 bits per heavy atom. The molecule has 0 bridgehead atoms. The lowest BCUT2D eigenvalue weighted by Gasteiger charge is -2.12. The highest BCUT2D eigenvalue weighted by Gasteiger charge is 2.11. The molecule has 2 radical (unpaired) electrons.